The molecule has 6 nitrogen and oxygen atoms in total. The van der Waals surface area contributed by atoms with Crippen LogP contribution in [0.4, 0.5) is 5.69 Å². The Bertz CT molecular complexity index is 1360. The molecule has 0 saturated carbocycles. The Balaban J connectivity index is 1.38. The van der Waals surface area contributed by atoms with E-state index in [4.69, 9.17) is 4.74 Å². The Morgan fingerprint density at radius 3 is 2.09 bits per heavy atom. The Morgan fingerprint density at radius 2 is 1.41 bits per heavy atom. The summed E-state index contributed by atoms with van der Waals surface area (Å²) in [6, 6.07) is 29.3. The van der Waals surface area contributed by atoms with Gasteiger partial charge in [0.05, 0.1) is 10.5 Å². The number of hydrogen-bond donors (Lipinski definition) is 0. The highest BCUT2D eigenvalue weighted by Gasteiger charge is 2.13. The molecule has 0 amide bonds. The summed E-state index contributed by atoms with van der Waals surface area (Å²) < 4.78 is 5.28. The zero-order chi connectivity index (χ0) is 23.9. The third-order valence-electron chi connectivity index (χ3n) is 5.09. The van der Waals surface area contributed by atoms with E-state index in [1.807, 2.05) is 42.5 Å². The van der Waals surface area contributed by atoms with Crippen LogP contribution in [0.15, 0.2) is 109 Å². The van der Waals surface area contributed by atoms with Gasteiger partial charge in [0.2, 0.25) is 0 Å². The Kier molecular flexibility index (Phi) is 6.70. The molecule has 0 aliphatic heterocycles. The topological polar surface area (TPSA) is 86.5 Å². The van der Waals surface area contributed by atoms with E-state index in [9.17, 15) is 19.7 Å². The molecule has 0 heterocycles. The van der Waals surface area contributed by atoms with Gasteiger partial charge in [0.1, 0.15) is 5.75 Å². The summed E-state index contributed by atoms with van der Waals surface area (Å²) in [5.74, 6) is -0.529. The number of allylic oxidation sites excluding steroid dienone is 1. The van der Waals surface area contributed by atoms with Crippen molar-refractivity contribution in [3.05, 3.63) is 136 Å². The molecular weight excluding hydrogens is 430 g/mol. The summed E-state index contributed by atoms with van der Waals surface area (Å²) in [6.45, 7) is 0. The van der Waals surface area contributed by atoms with Crippen LogP contribution in [0, 0.1) is 10.1 Å². The number of hydrogen-bond acceptors (Lipinski definition) is 5. The van der Waals surface area contributed by atoms with Crippen LogP contribution in [0.2, 0.25) is 0 Å². The first-order valence-electron chi connectivity index (χ1n) is 10.4. The fourth-order valence-electron chi connectivity index (χ4n) is 3.29. The van der Waals surface area contributed by atoms with Gasteiger partial charge in [-0.3, -0.25) is 14.9 Å². The van der Waals surface area contributed by atoms with Crippen molar-refractivity contribution in [1.82, 2.24) is 0 Å². The van der Waals surface area contributed by atoms with Gasteiger partial charge in [0.25, 0.3) is 5.69 Å². The van der Waals surface area contributed by atoms with Gasteiger partial charge in [-0.25, -0.2) is 4.79 Å². The summed E-state index contributed by atoms with van der Waals surface area (Å²) in [4.78, 5) is 35.1. The molecule has 0 fully saturated rings. The molecule has 0 N–H and O–H groups in total. The fourth-order valence-corrected chi connectivity index (χ4v) is 3.29. The lowest BCUT2D eigenvalue weighted by Crippen LogP contribution is -2.08. The van der Waals surface area contributed by atoms with Crippen LogP contribution in [-0.4, -0.2) is 16.7 Å². The van der Waals surface area contributed by atoms with Gasteiger partial charge in [-0.2, -0.15) is 0 Å². The minimum absolute atomic E-state index is 0.0852. The van der Waals surface area contributed by atoms with Crippen molar-refractivity contribution in [3.8, 4) is 16.9 Å². The van der Waals surface area contributed by atoms with E-state index < -0.39 is 10.9 Å². The third kappa shape index (κ3) is 5.49. The molecule has 4 aromatic carbocycles. The summed E-state index contributed by atoms with van der Waals surface area (Å²) in [5, 5.41) is 10.9. The summed E-state index contributed by atoms with van der Waals surface area (Å²) in [6.07, 6.45) is 3.17. The number of carbonyl (C=O) groups excluding carboxylic acids is 2. The third-order valence-corrected chi connectivity index (χ3v) is 5.09. The van der Waals surface area contributed by atoms with E-state index in [-0.39, 0.29) is 22.8 Å². The van der Waals surface area contributed by atoms with Crippen molar-refractivity contribution in [3.63, 3.8) is 0 Å². The van der Waals surface area contributed by atoms with Crippen molar-refractivity contribution in [2.75, 3.05) is 0 Å². The minimum atomic E-state index is -0.693. The van der Waals surface area contributed by atoms with Gasteiger partial charge in [0.15, 0.2) is 5.78 Å². The highest BCUT2D eigenvalue weighted by molar-refractivity contribution is 6.07. The molecule has 0 saturated heterocycles. The van der Waals surface area contributed by atoms with Crippen LogP contribution < -0.4 is 4.74 Å². The van der Waals surface area contributed by atoms with Gasteiger partial charge >= 0.3 is 5.97 Å². The monoisotopic (exact) mass is 449 g/mol. The second kappa shape index (κ2) is 10.2. The van der Waals surface area contributed by atoms with Crippen LogP contribution in [0.5, 0.6) is 5.75 Å². The predicted molar refractivity (Wildman–Crippen MR) is 130 cm³/mol. The van der Waals surface area contributed by atoms with Crippen molar-refractivity contribution in [2.45, 2.75) is 0 Å². The zero-order valence-corrected chi connectivity index (χ0v) is 18.0. The fraction of sp³-hybridized carbons (Fsp3) is 0. The van der Waals surface area contributed by atoms with Crippen LogP contribution in [-0.2, 0) is 0 Å². The van der Waals surface area contributed by atoms with Crippen molar-refractivity contribution in [2.24, 2.45) is 0 Å². The first kappa shape index (κ1) is 22.4. The average Bonchev–Trinajstić information content (AvgIpc) is 2.88. The molecule has 6 heteroatoms. The van der Waals surface area contributed by atoms with Crippen molar-refractivity contribution in [1.29, 1.82) is 0 Å². The molecule has 0 atom stereocenters. The van der Waals surface area contributed by atoms with Crippen molar-refractivity contribution < 1.29 is 19.2 Å². The van der Waals surface area contributed by atoms with Crippen LogP contribution in [0.25, 0.3) is 17.2 Å². The van der Waals surface area contributed by atoms with E-state index in [2.05, 4.69) is 0 Å². The lowest BCUT2D eigenvalue weighted by molar-refractivity contribution is -0.384. The normalized spacial score (nSPS) is 10.7. The summed E-state index contributed by atoms with van der Waals surface area (Å²) in [5.41, 5.74) is 3.36. The Morgan fingerprint density at radius 1 is 0.735 bits per heavy atom. The smallest absolute Gasteiger partial charge is 0.343 e. The number of rotatable bonds is 7. The summed E-state index contributed by atoms with van der Waals surface area (Å²) in [7, 11) is 0. The molecule has 4 aromatic rings. The molecule has 0 unspecified atom stereocenters. The number of non-ortho nitro benzene ring substituents is 1. The first-order chi connectivity index (χ1) is 16.5. The molecule has 0 aliphatic rings. The largest absolute Gasteiger partial charge is 0.423 e. The van der Waals surface area contributed by atoms with Crippen molar-refractivity contribution >= 4 is 23.5 Å². The molecule has 0 radical (unpaired) electrons. The number of benzene rings is 4. The minimum Gasteiger partial charge on any atom is -0.423 e. The molecule has 166 valence electrons. The Hall–Kier alpha value is -4.84. The molecule has 0 aromatic heterocycles. The first-order valence-corrected chi connectivity index (χ1v) is 10.4. The second-order valence-corrected chi connectivity index (χ2v) is 7.41. The maximum Gasteiger partial charge on any atom is 0.343 e. The standard InChI is InChI=1S/C28H19NO5/c30-27(23-14-12-22(13-15-23)21-5-2-1-3-6-21)18-11-20-9-16-26(17-10-20)34-28(31)24-7-4-8-25(19-24)29(32)33/h1-19H/b18-11+. The maximum absolute atomic E-state index is 12.5. The number of ether oxygens (including phenoxy) is 1. The lowest BCUT2D eigenvalue weighted by Gasteiger charge is -2.05. The number of nitro benzene ring substituents is 1. The number of esters is 1. The van der Waals surface area contributed by atoms with E-state index in [0.29, 0.717) is 5.56 Å². The van der Waals surface area contributed by atoms with Gasteiger partial charge in [-0.05, 0) is 41.0 Å². The van der Waals surface area contributed by atoms with Gasteiger partial charge in [-0.15, -0.1) is 0 Å². The number of carbonyl (C=O) groups is 2. The molecule has 0 spiro atoms. The van der Waals surface area contributed by atoms with Crippen LogP contribution >= 0.6 is 0 Å². The summed E-state index contributed by atoms with van der Waals surface area (Å²) >= 11 is 0. The molecule has 4 rings (SSSR count). The maximum atomic E-state index is 12.5. The van der Waals surface area contributed by atoms with Gasteiger partial charge < -0.3 is 4.74 Å². The molecule has 0 bridgehead atoms. The van der Waals surface area contributed by atoms with Crippen LogP contribution in [0.1, 0.15) is 26.3 Å². The predicted octanol–water partition coefficient (Wildman–Crippen LogP) is 6.38. The second-order valence-electron chi connectivity index (χ2n) is 7.41. The van der Waals surface area contributed by atoms with E-state index >= 15 is 0 Å². The van der Waals surface area contributed by atoms with Crippen LogP contribution in [0.3, 0.4) is 0 Å². The SMILES string of the molecule is O=C(/C=C/c1ccc(OC(=O)c2cccc([N+](=O)[O-])c2)cc1)c1ccc(-c2ccccc2)cc1. The van der Waals surface area contributed by atoms with E-state index in [1.165, 1.54) is 24.3 Å². The molecule has 0 aliphatic carbocycles. The number of ketones is 1. The quantitative estimate of drug-likeness (QED) is 0.0816. The average molecular weight is 449 g/mol. The number of nitrogens with zero attached hydrogens (tertiary/aromatic N) is 1. The van der Waals surface area contributed by atoms with E-state index in [0.717, 1.165) is 22.8 Å². The highest BCUT2D eigenvalue weighted by atomic mass is 16.6. The molecular formula is C28H19NO5. The lowest BCUT2D eigenvalue weighted by atomic mass is 10.0. The molecule has 34 heavy (non-hydrogen) atoms. The zero-order valence-electron chi connectivity index (χ0n) is 18.0. The number of nitro groups is 1. The van der Waals surface area contributed by atoms with Gasteiger partial charge in [0, 0.05) is 17.7 Å². The highest BCUT2D eigenvalue weighted by Crippen LogP contribution is 2.20. The van der Waals surface area contributed by atoms with Gasteiger partial charge in [-0.1, -0.05) is 78.9 Å². The Labute approximate surface area is 195 Å². The van der Waals surface area contributed by atoms with E-state index in [1.54, 1.807) is 42.5 Å².